The van der Waals surface area contributed by atoms with Crippen molar-refractivity contribution in [3.05, 3.63) is 22.8 Å². The number of aliphatic hydroxyl groups excluding tert-OH is 1. The highest BCUT2D eigenvalue weighted by atomic mass is 35.5. The van der Waals surface area contributed by atoms with E-state index in [1.165, 1.54) is 0 Å². The number of hydrogen-bond donors (Lipinski definition) is 5. The first-order chi connectivity index (χ1) is 16.8. The second-order valence-electron chi connectivity index (χ2n) is 10.3. The lowest BCUT2D eigenvalue weighted by atomic mass is 9.53. The lowest BCUT2D eigenvalue weighted by Gasteiger charge is -2.48. The van der Waals surface area contributed by atoms with E-state index >= 15 is 0 Å². The Morgan fingerprint density at radius 1 is 1.22 bits per heavy atom. The van der Waals surface area contributed by atoms with E-state index in [-0.39, 0.29) is 48.9 Å². The average molecular weight is 521 g/mol. The SMILES string of the molecule is CC(C)c1cc(NCC(O)CCl)c(O)c2c1C[C@H]1C[C@H]3CC(=O)C(C(N)=O)C(=O)[C@@]3(O)C(=O)C1C2=O. The van der Waals surface area contributed by atoms with Gasteiger partial charge in [0.2, 0.25) is 5.91 Å². The van der Waals surface area contributed by atoms with Crippen molar-refractivity contribution in [2.24, 2.45) is 29.4 Å². The summed E-state index contributed by atoms with van der Waals surface area (Å²) in [7, 11) is 0. The second kappa shape index (κ2) is 9.24. The lowest BCUT2D eigenvalue weighted by Crippen LogP contribution is -2.68. The van der Waals surface area contributed by atoms with Crippen LogP contribution >= 0.6 is 11.6 Å². The summed E-state index contributed by atoms with van der Waals surface area (Å²) in [4.78, 5) is 64.6. The van der Waals surface area contributed by atoms with Gasteiger partial charge in [0.25, 0.3) is 0 Å². The number of rotatable bonds is 6. The van der Waals surface area contributed by atoms with Gasteiger partial charge in [0, 0.05) is 18.9 Å². The molecular weight excluding hydrogens is 492 g/mol. The van der Waals surface area contributed by atoms with E-state index in [0.29, 0.717) is 5.56 Å². The summed E-state index contributed by atoms with van der Waals surface area (Å²) in [5.41, 5.74) is 3.95. The average Bonchev–Trinajstić information content (AvgIpc) is 2.80. The van der Waals surface area contributed by atoms with Gasteiger partial charge >= 0.3 is 0 Å². The predicted octanol–water partition coefficient (Wildman–Crippen LogP) is 0.462. The van der Waals surface area contributed by atoms with Crippen molar-refractivity contribution in [3.8, 4) is 5.75 Å². The Morgan fingerprint density at radius 3 is 2.47 bits per heavy atom. The number of alkyl halides is 1. The molecule has 10 nitrogen and oxygen atoms in total. The zero-order valence-electron chi connectivity index (χ0n) is 19.9. The number of nitrogens with one attached hydrogen (secondary N) is 1. The number of anilines is 1. The van der Waals surface area contributed by atoms with E-state index in [2.05, 4.69) is 5.32 Å². The minimum atomic E-state index is -2.68. The van der Waals surface area contributed by atoms with Crippen molar-refractivity contribution in [2.45, 2.75) is 50.7 Å². The fourth-order valence-corrected chi connectivity index (χ4v) is 6.10. The number of nitrogens with two attached hydrogens (primary N) is 1. The Morgan fingerprint density at radius 2 is 1.89 bits per heavy atom. The largest absolute Gasteiger partial charge is 0.505 e. The number of halogens is 1. The molecule has 3 aliphatic rings. The molecular formula is C25H29ClN2O8. The van der Waals surface area contributed by atoms with Gasteiger partial charge in [-0.15, -0.1) is 11.6 Å². The van der Waals surface area contributed by atoms with Gasteiger partial charge in [0.05, 0.1) is 29.2 Å². The van der Waals surface area contributed by atoms with Crippen molar-refractivity contribution in [1.29, 1.82) is 0 Å². The van der Waals surface area contributed by atoms with Gasteiger partial charge in [-0.3, -0.25) is 24.0 Å². The van der Waals surface area contributed by atoms with Crippen LogP contribution < -0.4 is 11.1 Å². The number of phenolic OH excluding ortho intramolecular Hbond substituents is 1. The van der Waals surface area contributed by atoms with Crippen molar-refractivity contribution in [2.75, 3.05) is 17.7 Å². The maximum atomic E-state index is 13.7. The summed E-state index contributed by atoms with van der Waals surface area (Å²) in [5.74, 6) is -10.6. The highest BCUT2D eigenvalue weighted by Crippen LogP contribution is 2.51. The molecule has 1 aromatic rings. The van der Waals surface area contributed by atoms with Crippen LogP contribution in [-0.2, 0) is 25.6 Å². The van der Waals surface area contributed by atoms with Gasteiger partial charge in [-0.2, -0.15) is 0 Å². The molecule has 2 fully saturated rings. The number of amides is 1. The zero-order valence-corrected chi connectivity index (χ0v) is 20.7. The van der Waals surface area contributed by atoms with Gasteiger partial charge in [0.15, 0.2) is 34.7 Å². The molecule has 1 aromatic carbocycles. The van der Waals surface area contributed by atoms with Gasteiger partial charge < -0.3 is 26.4 Å². The smallest absolute Gasteiger partial charge is 0.235 e. The van der Waals surface area contributed by atoms with Crippen molar-refractivity contribution < 1.29 is 39.3 Å². The van der Waals surface area contributed by atoms with Crippen molar-refractivity contribution in [3.63, 3.8) is 0 Å². The molecule has 0 aromatic heterocycles. The Bertz CT molecular complexity index is 1180. The van der Waals surface area contributed by atoms with E-state index in [1.54, 1.807) is 6.07 Å². The van der Waals surface area contributed by atoms with Gasteiger partial charge in [-0.1, -0.05) is 13.8 Å². The Balaban J connectivity index is 1.80. The minimum Gasteiger partial charge on any atom is -0.505 e. The molecule has 0 spiro atoms. The van der Waals surface area contributed by atoms with Crippen molar-refractivity contribution >= 4 is 46.3 Å². The molecule has 3 aliphatic carbocycles. The number of carbonyl (C=O) groups is 5. The third-order valence-corrected chi connectivity index (χ3v) is 8.12. The van der Waals surface area contributed by atoms with Crippen LogP contribution in [0.2, 0.25) is 0 Å². The fraction of sp³-hybridized carbons (Fsp3) is 0.560. The number of Topliss-reactive ketones (excluding diaryl/α,β-unsaturated/α-hetero) is 4. The normalized spacial score (nSPS) is 30.5. The molecule has 4 rings (SSSR count). The van der Waals surface area contributed by atoms with Crippen LogP contribution in [0.15, 0.2) is 6.07 Å². The number of aliphatic hydroxyl groups is 2. The number of primary amides is 1. The molecule has 2 saturated carbocycles. The summed E-state index contributed by atoms with van der Waals surface area (Å²) in [6.07, 6.45) is -1.02. The van der Waals surface area contributed by atoms with E-state index in [4.69, 9.17) is 17.3 Å². The number of ketones is 4. The van der Waals surface area contributed by atoms with Crippen LogP contribution in [-0.4, -0.2) is 68.5 Å². The second-order valence-corrected chi connectivity index (χ2v) is 10.6. The first-order valence-corrected chi connectivity index (χ1v) is 12.4. The predicted molar refractivity (Wildman–Crippen MR) is 128 cm³/mol. The maximum absolute atomic E-state index is 13.7. The van der Waals surface area contributed by atoms with E-state index in [0.717, 1.165) is 5.56 Å². The topological polar surface area (TPSA) is 184 Å². The molecule has 0 saturated heterocycles. The highest BCUT2D eigenvalue weighted by molar-refractivity contribution is 6.31. The van der Waals surface area contributed by atoms with E-state index in [9.17, 15) is 39.3 Å². The fourth-order valence-electron chi connectivity index (χ4n) is 6.00. The molecule has 3 unspecified atom stereocenters. The Labute approximate surface area is 212 Å². The summed E-state index contributed by atoms with van der Waals surface area (Å²) < 4.78 is 0. The number of aromatic hydroxyl groups is 1. The number of carbonyl (C=O) groups excluding carboxylic acids is 5. The lowest BCUT2D eigenvalue weighted by molar-refractivity contribution is -0.175. The number of fused-ring (bicyclic) bond motifs is 3. The molecule has 0 heterocycles. The van der Waals surface area contributed by atoms with E-state index in [1.807, 2.05) is 13.8 Å². The molecule has 0 aliphatic heterocycles. The van der Waals surface area contributed by atoms with Crippen molar-refractivity contribution in [1.82, 2.24) is 0 Å². The summed E-state index contributed by atoms with van der Waals surface area (Å²) in [6, 6.07) is 1.69. The maximum Gasteiger partial charge on any atom is 0.235 e. The van der Waals surface area contributed by atoms with Gasteiger partial charge in [-0.25, -0.2) is 0 Å². The third kappa shape index (κ3) is 3.82. The third-order valence-electron chi connectivity index (χ3n) is 7.76. The zero-order chi connectivity index (χ0) is 26.7. The molecule has 6 atom stereocenters. The number of hydrogen-bond acceptors (Lipinski definition) is 9. The number of benzene rings is 1. The minimum absolute atomic E-state index is 0.00498. The van der Waals surface area contributed by atoms with Gasteiger partial charge in [0.1, 0.15) is 5.75 Å². The van der Waals surface area contributed by atoms with Crippen LogP contribution in [0.5, 0.6) is 5.75 Å². The van der Waals surface area contributed by atoms with Crippen LogP contribution in [0, 0.1) is 23.7 Å². The summed E-state index contributed by atoms with van der Waals surface area (Å²) in [5, 5.41) is 35.0. The van der Waals surface area contributed by atoms with Crippen LogP contribution in [0.3, 0.4) is 0 Å². The first kappa shape index (κ1) is 26.2. The Hall–Kier alpha value is -2.82. The summed E-state index contributed by atoms with van der Waals surface area (Å²) in [6.45, 7) is 3.83. The quantitative estimate of drug-likeness (QED) is 0.202. The summed E-state index contributed by atoms with van der Waals surface area (Å²) >= 11 is 5.64. The molecule has 0 bridgehead atoms. The van der Waals surface area contributed by atoms with Crippen LogP contribution in [0.1, 0.15) is 54.1 Å². The molecule has 36 heavy (non-hydrogen) atoms. The van der Waals surface area contributed by atoms with Crippen LogP contribution in [0.25, 0.3) is 0 Å². The molecule has 1 amide bonds. The first-order valence-electron chi connectivity index (χ1n) is 11.9. The molecule has 11 heteroatoms. The monoisotopic (exact) mass is 520 g/mol. The standard InChI is InChI=1S/C25H29ClN2O8/c1-9(2)13-6-15(28-8-12(29)7-26)20(31)18-14(13)4-10-3-11-5-16(30)19(24(27)35)23(34)25(11,36)22(33)17(10)21(18)32/h6,9-12,17,19,28-29,31,36H,3-5,7-8H2,1-2H3,(H2,27,35)/t10-,11+,12?,17?,19?,25+/m1/s1. The van der Waals surface area contributed by atoms with Gasteiger partial charge in [-0.05, 0) is 41.9 Å². The highest BCUT2D eigenvalue weighted by Gasteiger charge is 2.66. The van der Waals surface area contributed by atoms with Crippen LogP contribution in [0.4, 0.5) is 5.69 Å². The Kier molecular flexibility index (Phi) is 6.74. The molecule has 0 radical (unpaired) electrons. The van der Waals surface area contributed by atoms with E-state index < -0.39 is 70.2 Å². The number of phenols is 1. The molecule has 194 valence electrons. The molecule has 6 N–H and O–H groups in total.